The maximum atomic E-state index is 3.45. The molecule has 2 nitrogen and oxygen atoms in total. The van der Waals surface area contributed by atoms with E-state index in [1.165, 1.54) is 13.1 Å². The van der Waals surface area contributed by atoms with Crippen molar-refractivity contribution >= 4 is 0 Å². The van der Waals surface area contributed by atoms with Crippen molar-refractivity contribution in [2.75, 3.05) is 26.2 Å². The predicted octanol–water partition coefficient (Wildman–Crippen LogP) is 2.21. The Labute approximate surface area is 95.4 Å². The quantitative estimate of drug-likeness (QED) is 0.768. The van der Waals surface area contributed by atoms with Gasteiger partial charge in [-0.2, -0.15) is 0 Å². The van der Waals surface area contributed by atoms with E-state index in [0.29, 0.717) is 6.04 Å². The van der Waals surface area contributed by atoms with Crippen LogP contribution in [-0.4, -0.2) is 37.1 Å². The van der Waals surface area contributed by atoms with Gasteiger partial charge in [0.1, 0.15) is 0 Å². The molecule has 0 aromatic heterocycles. The Kier molecular flexibility index (Phi) is 5.07. The topological polar surface area (TPSA) is 15.3 Å². The zero-order valence-electron chi connectivity index (χ0n) is 11.1. The Balaban J connectivity index is 2.49. The fraction of sp³-hybridized carbons (Fsp3) is 1.00. The highest BCUT2D eigenvalue weighted by Gasteiger charge is 2.24. The Bertz CT molecular complexity index is 169. The maximum Gasteiger partial charge on any atom is 0.0193 e. The van der Waals surface area contributed by atoms with Gasteiger partial charge < -0.3 is 5.32 Å². The second-order valence-corrected chi connectivity index (χ2v) is 5.70. The fourth-order valence-electron chi connectivity index (χ4n) is 2.62. The van der Waals surface area contributed by atoms with E-state index in [1.54, 1.807) is 0 Å². The molecule has 0 aliphatic carbocycles. The van der Waals surface area contributed by atoms with Crippen molar-refractivity contribution in [2.24, 2.45) is 17.8 Å². The number of hydrogen-bond acceptors (Lipinski definition) is 2. The standard InChI is InChI=1S/C13H28N2/c1-10(2)13(11(3)4)9-15-7-6-14-8-12(15)5/h10-14H,6-9H2,1-5H3. The lowest BCUT2D eigenvalue weighted by Crippen LogP contribution is -2.52. The summed E-state index contributed by atoms with van der Waals surface area (Å²) in [5, 5.41) is 3.45. The van der Waals surface area contributed by atoms with Crippen LogP contribution in [0.4, 0.5) is 0 Å². The molecule has 1 aliphatic heterocycles. The minimum Gasteiger partial charge on any atom is -0.314 e. The molecule has 0 amide bonds. The summed E-state index contributed by atoms with van der Waals surface area (Å²) in [6.45, 7) is 16.6. The molecule has 0 bridgehead atoms. The summed E-state index contributed by atoms with van der Waals surface area (Å²) in [5.74, 6) is 2.43. The van der Waals surface area contributed by atoms with Crippen LogP contribution in [0.1, 0.15) is 34.6 Å². The van der Waals surface area contributed by atoms with E-state index in [-0.39, 0.29) is 0 Å². The van der Waals surface area contributed by atoms with Gasteiger partial charge in [0.25, 0.3) is 0 Å². The third-order valence-corrected chi connectivity index (χ3v) is 3.80. The monoisotopic (exact) mass is 212 g/mol. The first-order chi connectivity index (χ1) is 7.02. The van der Waals surface area contributed by atoms with Gasteiger partial charge in [-0.3, -0.25) is 4.90 Å². The Morgan fingerprint density at radius 3 is 2.27 bits per heavy atom. The summed E-state index contributed by atoms with van der Waals surface area (Å²) in [7, 11) is 0. The molecule has 0 spiro atoms. The minimum absolute atomic E-state index is 0.707. The molecule has 1 saturated heterocycles. The molecule has 1 N–H and O–H groups in total. The molecular weight excluding hydrogens is 184 g/mol. The largest absolute Gasteiger partial charge is 0.314 e. The van der Waals surface area contributed by atoms with Gasteiger partial charge in [-0.15, -0.1) is 0 Å². The van der Waals surface area contributed by atoms with E-state index < -0.39 is 0 Å². The minimum atomic E-state index is 0.707. The highest BCUT2D eigenvalue weighted by Crippen LogP contribution is 2.22. The molecule has 1 aliphatic rings. The number of rotatable bonds is 4. The van der Waals surface area contributed by atoms with Crippen LogP contribution >= 0.6 is 0 Å². The summed E-state index contributed by atoms with van der Waals surface area (Å²) in [5.41, 5.74) is 0. The van der Waals surface area contributed by atoms with E-state index >= 15 is 0 Å². The maximum absolute atomic E-state index is 3.45. The molecule has 1 fully saturated rings. The van der Waals surface area contributed by atoms with Gasteiger partial charge in [0.2, 0.25) is 0 Å². The van der Waals surface area contributed by atoms with Crippen LogP contribution in [0.25, 0.3) is 0 Å². The zero-order valence-corrected chi connectivity index (χ0v) is 11.1. The summed E-state index contributed by atoms with van der Waals surface area (Å²) in [6.07, 6.45) is 0. The first kappa shape index (κ1) is 13.0. The van der Waals surface area contributed by atoms with Crippen LogP contribution in [0, 0.1) is 17.8 Å². The summed E-state index contributed by atoms with van der Waals surface area (Å²) in [4.78, 5) is 2.65. The van der Waals surface area contributed by atoms with Crippen molar-refractivity contribution in [3.05, 3.63) is 0 Å². The molecule has 1 rings (SSSR count). The van der Waals surface area contributed by atoms with Crippen LogP contribution in [0.2, 0.25) is 0 Å². The Morgan fingerprint density at radius 2 is 1.80 bits per heavy atom. The van der Waals surface area contributed by atoms with E-state index in [9.17, 15) is 0 Å². The average molecular weight is 212 g/mol. The predicted molar refractivity (Wildman–Crippen MR) is 67.1 cm³/mol. The molecule has 1 heterocycles. The van der Waals surface area contributed by atoms with Crippen molar-refractivity contribution in [1.29, 1.82) is 0 Å². The molecular formula is C13H28N2. The van der Waals surface area contributed by atoms with Gasteiger partial charge in [0, 0.05) is 32.2 Å². The fourth-order valence-corrected chi connectivity index (χ4v) is 2.62. The van der Waals surface area contributed by atoms with Crippen molar-refractivity contribution < 1.29 is 0 Å². The van der Waals surface area contributed by atoms with Gasteiger partial charge in [0.05, 0.1) is 0 Å². The molecule has 1 atom stereocenters. The molecule has 0 aromatic rings. The van der Waals surface area contributed by atoms with Gasteiger partial charge in [-0.1, -0.05) is 27.7 Å². The number of piperazine rings is 1. The highest BCUT2D eigenvalue weighted by molar-refractivity contribution is 4.80. The second kappa shape index (κ2) is 5.86. The summed E-state index contributed by atoms with van der Waals surface area (Å²) >= 11 is 0. The Morgan fingerprint density at radius 1 is 1.20 bits per heavy atom. The Hall–Kier alpha value is -0.0800. The van der Waals surface area contributed by atoms with E-state index in [1.807, 2.05) is 0 Å². The molecule has 90 valence electrons. The van der Waals surface area contributed by atoms with Gasteiger partial charge >= 0.3 is 0 Å². The third-order valence-electron chi connectivity index (χ3n) is 3.80. The van der Waals surface area contributed by atoms with Crippen LogP contribution in [-0.2, 0) is 0 Å². The lowest BCUT2D eigenvalue weighted by atomic mass is 9.85. The number of nitrogens with one attached hydrogen (secondary N) is 1. The van der Waals surface area contributed by atoms with Gasteiger partial charge in [-0.05, 0) is 24.7 Å². The van der Waals surface area contributed by atoms with Crippen LogP contribution in [0.3, 0.4) is 0 Å². The normalized spacial score (nSPS) is 24.4. The molecule has 0 saturated carbocycles. The van der Waals surface area contributed by atoms with Crippen LogP contribution < -0.4 is 5.32 Å². The zero-order chi connectivity index (χ0) is 11.4. The number of hydrogen-bond donors (Lipinski definition) is 1. The SMILES string of the molecule is CC(C)C(CN1CCNCC1C)C(C)C. The van der Waals surface area contributed by atoms with Crippen molar-refractivity contribution in [1.82, 2.24) is 10.2 Å². The molecule has 0 aromatic carbocycles. The van der Waals surface area contributed by atoms with Crippen LogP contribution in [0.5, 0.6) is 0 Å². The van der Waals surface area contributed by atoms with E-state index in [2.05, 4.69) is 44.8 Å². The molecule has 1 unspecified atom stereocenters. The molecule has 15 heavy (non-hydrogen) atoms. The lowest BCUT2D eigenvalue weighted by molar-refractivity contribution is 0.112. The second-order valence-electron chi connectivity index (χ2n) is 5.70. The highest BCUT2D eigenvalue weighted by atomic mass is 15.2. The van der Waals surface area contributed by atoms with Crippen molar-refractivity contribution in [2.45, 2.75) is 40.7 Å². The first-order valence-electron chi connectivity index (χ1n) is 6.47. The number of nitrogens with zero attached hydrogens (tertiary/aromatic N) is 1. The van der Waals surface area contributed by atoms with E-state index in [4.69, 9.17) is 0 Å². The van der Waals surface area contributed by atoms with Gasteiger partial charge in [-0.25, -0.2) is 0 Å². The molecule has 0 radical (unpaired) electrons. The molecule has 2 heteroatoms. The summed E-state index contributed by atoms with van der Waals surface area (Å²) in [6, 6.07) is 0.707. The third kappa shape index (κ3) is 3.76. The summed E-state index contributed by atoms with van der Waals surface area (Å²) < 4.78 is 0. The van der Waals surface area contributed by atoms with Crippen molar-refractivity contribution in [3.63, 3.8) is 0 Å². The first-order valence-corrected chi connectivity index (χ1v) is 6.47. The van der Waals surface area contributed by atoms with Crippen molar-refractivity contribution in [3.8, 4) is 0 Å². The van der Waals surface area contributed by atoms with Gasteiger partial charge in [0.15, 0.2) is 0 Å². The smallest absolute Gasteiger partial charge is 0.0193 e. The van der Waals surface area contributed by atoms with Crippen LogP contribution in [0.15, 0.2) is 0 Å². The van der Waals surface area contributed by atoms with E-state index in [0.717, 1.165) is 30.8 Å². The lowest BCUT2D eigenvalue weighted by Gasteiger charge is -2.38. The average Bonchev–Trinajstić information content (AvgIpc) is 2.15.